The predicted octanol–water partition coefficient (Wildman–Crippen LogP) is 3.75. The Kier molecular flexibility index (Phi) is 14.1. The van der Waals surface area contributed by atoms with Crippen LogP contribution in [0.3, 0.4) is 0 Å². The second-order valence-corrected chi connectivity index (χ2v) is 7.58. The number of ketones is 1. The van der Waals surface area contributed by atoms with Crippen LogP contribution in [-0.4, -0.2) is 30.2 Å². The van der Waals surface area contributed by atoms with E-state index < -0.39 is 0 Å². The lowest BCUT2D eigenvalue weighted by molar-refractivity contribution is -0.125. The molecule has 0 heterocycles. The fraction of sp³-hybridized carbons (Fsp3) is 0.850. The molecular formula is C20H38N2O3. The molecule has 2 N–H and O–H groups in total. The van der Waals surface area contributed by atoms with Crippen molar-refractivity contribution in [3.05, 3.63) is 0 Å². The molecule has 0 atom stereocenters. The minimum Gasteiger partial charge on any atom is -0.356 e. The molecule has 0 rings (SSSR count). The molecule has 5 nitrogen and oxygen atoms in total. The molecule has 0 aromatic rings. The van der Waals surface area contributed by atoms with Gasteiger partial charge in [0, 0.05) is 38.3 Å². The van der Waals surface area contributed by atoms with E-state index in [1.54, 1.807) is 0 Å². The Morgan fingerprint density at radius 2 is 1.24 bits per heavy atom. The number of hydrogen-bond donors (Lipinski definition) is 2. The highest BCUT2D eigenvalue weighted by Crippen LogP contribution is 2.10. The van der Waals surface area contributed by atoms with E-state index in [-0.39, 0.29) is 23.6 Å². The number of Topliss-reactive ketones (excluding diaryl/α,β-unsaturated/α-hetero) is 1. The molecule has 0 saturated carbocycles. The van der Waals surface area contributed by atoms with Crippen molar-refractivity contribution >= 4 is 17.6 Å². The normalized spacial score (nSPS) is 11.0. The molecule has 2 amide bonds. The lowest BCUT2D eigenvalue weighted by Crippen LogP contribution is -2.30. The third-order valence-electron chi connectivity index (χ3n) is 3.90. The van der Waals surface area contributed by atoms with Crippen LogP contribution < -0.4 is 10.6 Å². The summed E-state index contributed by atoms with van der Waals surface area (Å²) in [7, 11) is 0. The summed E-state index contributed by atoms with van der Waals surface area (Å²) in [5.74, 6) is 0.790. The van der Waals surface area contributed by atoms with Crippen LogP contribution in [0.15, 0.2) is 0 Å². The Hall–Kier alpha value is -1.39. The average Bonchev–Trinajstić information content (AvgIpc) is 2.52. The lowest BCUT2D eigenvalue weighted by atomic mass is 10.0. The van der Waals surface area contributed by atoms with Crippen LogP contribution in [0.4, 0.5) is 0 Å². The molecule has 0 saturated heterocycles. The second-order valence-electron chi connectivity index (χ2n) is 7.58. The van der Waals surface area contributed by atoms with Crippen LogP contribution in [0, 0.1) is 5.92 Å². The summed E-state index contributed by atoms with van der Waals surface area (Å²) < 4.78 is 0. The molecule has 0 radical (unpaired) electrons. The van der Waals surface area contributed by atoms with E-state index in [1.807, 2.05) is 13.8 Å². The van der Waals surface area contributed by atoms with E-state index in [2.05, 4.69) is 24.5 Å². The SMILES string of the molecule is CC(C)CNC(=O)CCCCCCCCC(=O)CCC(=O)NC(C)C. The highest BCUT2D eigenvalue weighted by Gasteiger charge is 2.08. The number of carbonyl (C=O) groups is 3. The molecule has 0 aliphatic carbocycles. The van der Waals surface area contributed by atoms with Gasteiger partial charge in [-0.3, -0.25) is 14.4 Å². The lowest BCUT2D eigenvalue weighted by Gasteiger charge is -2.08. The predicted molar refractivity (Wildman–Crippen MR) is 102 cm³/mol. The second kappa shape index (κ2) is 14.9. The van der Waals surface area contributed by atoms with Gasteiger partial charge >= 0.3 is 0 Å². The van der Waals surface area contributed by atoms with Crippen molar-refractivity contribution in [2.24, 2.45) is 5.92 Å². The molecule has 0 fully saturated rings. The number of amides is 2. The van der Waals surface area contributed by atoms with Gasteiger partial charge in [-0.25, -0.2) is 0 Å². The molecule has 0 aliphatic rings. The van der Waals surface area contributed by atoms with Crippen LogP contribution >= 0.6 is 0 Å². The molecular weight excluding hydrogens is 316 g/mol. The third-order valence-corrected chi connectivity index (χ3v) is 3.90. The van der Waals surface area contributed by atoms with Crippen molar-refractivity contribution in [1.29, 1.82) is 0 Å². The van der Waals surface area contributed by atoms with Crippen molar-refractivity contribution in [2.45, 2.75) is 97.9 Å². The Morgan fingerprint density at radius 1 is 0.680 bits per heavy atom. The largest absolute Gasteiger partial charge is 0.356 e. The molecule has 25 heavy (non-hydrogen) atoms. The Balaban J connectivity index is 3.41. The van der Waals surface area contributed by atoms with Crippen LogP contribution in [0.5, 0.6) is 0 Å². The van der Waals surface area contributed by atoms with Crippen molar-refractivity contribution in [1.82, 2.24) is 10.6 Å². The fourth-order valence-electron chi connectivity index (χ4n) is 2.49. The van der Waals surface area contributed by atoms with Gasteiger partial charge < -0.3 is 10.6 Å². The van der Waals surface area contributed by atoms with Crippen LogP contribution in [0.25, 0.3) is 0 Å². The minimum atomic E-state index is -0.0409. The van der Waals surface area contributed by atoms with E-state index in [0.29, 0.717) is 31.6 Å². The van der Waals surface area contributed by atoms with Crippen molar-refractivity contribution in [3.63, 3.8) is 0 Å². The first-order chi connectivity index (χ1) is 11.8. The Morgan fingerprint density at radius 3 is 1.80 bits per heavy atom. The molecule has 0 bridgehead atoms. The molecule has 146 valence electrons. The van der Waals surface area contributed by atoms with E-state index >= 15 is 0 Å². The molecule has 0 aliphatic heterocycles. The maximum atomic E-state index is 11.7. The third kappa shape index (κ3) is 17.2. The summed E-state index contributed by atoms with van der Waals surface area (Å²) in [6, 6.07) is 0.129. The zero-order valence-electron chi connectivity index (χ0n) is 16.7. The molecule has 5 heteroatoms. The van der Waals surface area contributed by atoms with Crippen LogP contribution in [-0.2, 0) is 14.4 Å². The summed E-state index contributed by atoms with van der Waals surface area (Å²) in [5, 5.41) is 5.73. The number of unbranched alkanes of at least 4 members (excludes halogenated alkanes) is 5. The van der Waals surface area contributed by atoms with Gasteiger partial charge in [-0.15, -0.1) is 0 Å². The number of carbonyl (C=O) groups excluding carboxylic acids is 3. The van der Waals surface area contributed by atoms with Gasteiger partial charge in [0.25, 0.3) is 0 Å². The summed E-state index contributed by atoms with van der Waals surface area (Å²) in [6.45, 7) is 8.76. The van der Waals surface area contributed by atoms with Gasteiger partial charge in [-0.2, -0.15) is 0 Å². The first kappa shape index (κ1) is 23.6. The highest BCUT2D eigenvalue weighted by molar-refractivity contribution is 5.84. The van der Waals surface area contributed by atoms with Crippen molar-refractivity contribution in [2.75, 3.05) is 6.54 Å². The zero-order chi connectivity index (χ0) is 19.1. The van der Waals surface area contributed by atoms with E-state index in [9.17, 15) is 14.4 Å². The summed E-state index contributed by atoms with van der Waals surface area (Å²) in [4.78, 5) is 34.7. The zero-order valence-corrected chi connectivity index (χ0v) is 16.7. The van der Waals surface area contributed by atoms with Gasteiger partial charge in [0.15, 0.2) is 0 Å². The molecule has 0 unspecified atom stereocenters. The van der Waals surface area contributed by atoms with Crippen molar-refractivity contribution < 1.29 is 14.4 Å². The maximum absolute atomic E-state index is 11.7. The van der Waals surface area contributed by atoms with E-state index in [1.165, 1.54) is 0 Å². The molecule has 0 aromatic heterocycles. The maximum Gasteiger partial charge on any atom is 0.220 e. The monoisotopic (exact) mass is 354 g/mol. The van der Waals surface area contributed by atoms with Gasteiger partial charge in [0.1, 0.15) is 5.78 Å². The first-order valence-electron chi connectivity index (χ1n) is 9.89. The van der Waals surface area contributed by atoms with Gasteiger partial charge in [-0.1, -0.05) is 39.5 Å². The average molecular weight is 355 g/mol. The van der Waals surface area contributed by atoms with Crippen LogP contribution in [0.2, 0.25) is 0 Å². The molecule has 0 spiro atoms. The number of hydrogen-bond acceptors (Lipinski definition) is 3. The quantitative estimate of drug-likeness (QED) is 0.440. The highest BCUT2D eigenvalue weighted by atomic mass is 16.2. The van der Waals surface area contributed by atoms with Crippen molar-refractivity contribution in [3.8, 4) is 0 Å². The smallest absolute Gasteiger partial charge is 0.220 e. The van der Waals surface area contributed by atoms with Crippen LogP contribution in [0.1, 0.15) is 91.9 Å². The Bertz CT molecular complexity index is 392. The minimum absolute atomic E-state index is 0.0409. The van der Waals surface area contributed by atoms with Gasteiger partial charge in [0.05, 0.1) is 0 Å². The summed E-state index contributed by atoms with van der Waals surface area (Å²) in [6.07, 6.45) is 8.02. The summed E-state index contributed by atoms with van der Waals surface area (Å²) >= 11 is 0. The standard InChI is InChI=1S/C20H38N2O3/c1-16(2)15-21-19(24)12-10-8-6-5-7-9-11-18(23)13-14-20(25)22-17(3)4/h16-17H,5-15H2,1-4H3,(H,21,24)(H,22,25). The topological polar surface area (TPSA) is 75.3 Å². The first-order valence-corrected chi connectivity index (χ1v) is 9.89. The van der Waals surface area contributed by atoms with E-state index in [4.69, 9.17) is 0 Å². The number of nitrogens with one attached hydrogen (secondary N) is 2. The van der Waals surface area contributed by atoms with Gasteiger partial charge in [0.2, 0.25) is 11.8 Å². The summed E-state index contributed by atoms with van der Waals surface area (Å²) in [5.41, 5.74) is 0. The number of rotatable bonds is 15. The Labute approximate surface area is 153 Å². The van der Waals surface area contributed by atoms with Gasteiger partial charge in [-0.05, 0) is 32.6 Å². The van der Waals surface area contributed by atoms with E-state index in [0.717, 1.165) is 45.1 Å². The fourth-order valence-corrected chi connectivity index (χ4v) is 2.49. The molecule has 0 aromatic carbocycles.